The highest BCUT2D eigenvalue weighted by Gasteiger charge is 2.27. The summed E-state index contributed by atoms with van der Waals surface area (Å²) in [5.41, 5.74) is 1.23. The van der Waals surface area contributed by atoms with E-state index in [9.17, 15) is 10.1 Å². The molecule has 1 aliphatic carbocycles. The van der Waals surface area contributed by atoms with Crippen molar-refractivity contribution in [3.05, 3.63) is 30.2 Å². The summed E-state index contributed by atoms with van der Waals surface area (Å²) in [4.78, 5) is 16.4. The van der Waals surface area contributed by atoms with Gasteiger partial charge in [-0.1, -0.05) is 25.0 Å². The van der Waals surface area contributed by atoms with Crippen molar-refractivity contribution in [2.45, 2.75) is 37.7 Å². The lowest BCUT2D eigenvalue weighted by Crippen LogP contribution is -2.21. The smallest absolute Gasteiger partial charge is 0.220 e. The monoisotopic (exact) mass is 284 g/mol. The van der Waals surface area contributed by atoms with Crippen LogP contribution < -0.4 is 0 Å². The summed E-state index contributed by atoms with van der Waals surface area (Å²) in [5, 5.41) is 9.24. The van der Waals surface area contributed by atoms with Gasteiger partial charge in [-0.25, -0.2) is 4.98 Å². The van der Waals surface area contributed by atoms with E-state index in [0.717, 1.165) is 25.7 Å². The molecule has 21 heavy (non-hydrogen) atoms. The Balaban J connectivity index is 1.71. The van der Waals surface area contributed by atoms with E-state index in [-0.39, 0.29) is 24.4 Å². The van der Waals surface area contributed by atoms with Gasteiger partial charge in [-0.05, 0) is 25.0 Å². The molecule has 1 heterocycles. The number of carbonyl (C=O) groups excluding carboxylic acids is 1. The molecule has 1 aliphatic rings. The fourth-order valence-corrected chi connectivity index (χ4v) is 2.62. The van der Waals surface area contributed by atoms with Gasteiger partial charge in [0.2, 0.25) is 5.89 Å². The molecule has 0 spiro atoms. The molecule has 0 aliphatic heterocycles. The highest BCUT2D eigenvalue weighted by atomic mass is 16.5. The highest BCUT2D eigenvalue weighted by Crippen LogP contribution is 2.24. The molecule has 5 heteroatoms. The first kappa shape index (κ1) is 13.8. The minimum Gasteiger partial charge on any atom is -0.439 e. The van der Waals surface area contributed by atoms with Crippen molar-refractivity contribution in [2.24, 2.45) is 0 Å². The number of ether oxygens (including phenoxy) is 1. The average molecular weight is 284 g/mol. The van der Waals surface area contributed by atoms with Crippen LogP contribution >= 0.6 is 0 Å². The van der Waals surface area contributed by atoms with E-state index in [1.807, 2.05) is 18.2 Å². The van der Waals surface area contributed by atoms with E-state index < -0.39 is 5.92 Å². The van der Waals surface area contributed by atoms with Crippen LogP contribution in [0.15, 0.2) is 28.7 Å². The molecule has 1 saturated carbocycles. The average Bonchev–Trinajstić information content (AvgIpc) is 3.15. The first-order valence-corrected chi connectivity index (χ1v) is 7.17. The number of benzene rings is 1. The van der Waals surface area contributed by atoms with E-state index in [1.54, 1.807) is 12.1 Å². The number of oxazole rings is 1. The Labute approximate surface area is 122 Å². The van der Waals surface area contributed by atoms with Crippen molar-refractivity contribution in [1.82, 2.24) is 4.98 Å². The number of carbonyl (C=O) groups is 1. The van der Waals surface area contributed by atoms with Crippen molar-refractivity contribution in [3.8, 4) is 6.07 Å². The molecule has 2 aromatic rings. The first-order valence-electron chi connectivity index (χ1n) is 7.17. The Morgan fingerprint density at radius 1 is 1.43 bits per heavy atom. The van der Waals surface area contributed by atoms with E-state index in [2.05, 4.69) is 4.98 Å². The minimum absolute atomic E-state index is 0.0539. The van der Waals surface area contributed by atoms with Crippen LogP contribution in [0.25, 0.3) is 11.1 Å². The van der Waals surface area contributed by atoms with Gasteiger partial charge in [0.25, 0.3) is 0 Å². The molecule has 0 saturated heterocycles. The summed E-state index contributed by atoms with van der Waals surface area (Å²) in [6.45, 7) is -0.0539. The summed E-state index contributed by atoms with van der Waals surface area (Å²) in [6, 6.07) is 9.18. The second kappa shape index (κ2) is 6.06. The van der Waals surface area contributed by atoms with Gasteiger partial charge in [-0.15, -0.1) is 0 Å². The molecule has 3 rings (SSSR count). The van der Waals surface area contributed by atoms with Gasteiger partial charge in [0.15, 0.2) is 17.3 Å². The lowest BCUT2D eigenvalue weighted by atomic mass is 10.1. The number of hydrogen-bond donors (Lipinski definition) is 0. The van der Waals surface area contributed by atoms with Gasteiger partial charge in [0, 0.05) is 0 Å². The summed E-state index contributed by atoms with van der Waals surface area (Å²) < 4.78 is 11.1. The quantitative estimate of drug-likeness (QED) is 0.843. The van der Waals surface area contributed by atoms with Crippen LogP contribution in [0.1, 0.15) is 37.5 Å². The molecule has 1 aromatic carbocycles. The van der Waals surface area contributed by atoms with E-state index >= 15 is 0 Å². The number of aromatic nitrogens is 1. The Morgan fingerprint density at radius 3 is 2.90 bits per heavy atom. The summed E-state index contributed by atoms with van der Waals surface area (Å²) >= 11 is 0. The summed E-state index contributed by atoms with van der Waals surface area (Å²) in [7, 11) is 0. The Morgan fingerprint density at radius 2 is 2.19 bits per heavy atom. The lowest BCUT2D eigenvalue weighted by molar-refractivity contribution is -0.126. The van der Waals surface area contributed by atoms with Crippen LogP contribution in [0, 0.1) is 11.3 Å². The molecule has 0 amide bonds. The number of ketones is 1. The molecular formula is C16H16N2O3. The molecule has 1 atom stereocenters. The molecule has 5 nitrogen and oxygen atoms in total. The predicted octanol–water partition coefficient (Wildman–Crippen LogP) is 2.96. The minimum atomic E-state index is -1.00. The van der Waals surface area contributed by atoms with Gasteiger partial charge >= 0.3 is 0 Å². The first-order chi connectivity index (χ1) is 10.3. The standard InChI is InChI=1S/C16H16N2O3/c17-9-12(14(19)10-20-11-5-1-2-6-11)16-18-13-7-3-4-8-15(13)21-16/h3-4,7-8,11-12H,1-2,5-6,10H2. The second-order valence-corrected chi connectivity index (χ2v) is 5.27. The third-order valence-corrected chi connectivity index (χ3v) is 3.77. The van der Waals surface area contributed by atoms with Crippen molar-refractivity contribution in [1.29, 1.82) is 5.26 Å². The molecule has 1 fully saturated rings. The lowest BCUT2D eigenvalue weighted by Gasteiger charge is -2.11. The number of hydrogen-bond acceptors (Lipinski definition) is 5. The fraction of sp³-hybridized carbons (Fsp3) is 0.438. The van der Waals surface area contributed by atoms with E-state index in [1.165, 1.54) is 0 Å². The topological polar surface area (TPSA) is 76.1 Å². The van der Waals surface area contributed by atoms with Crippen molar-refractivity contribution in [2.75, 3.05) is 6.61 Å². The Hall–Kier alpha value is -2.19. The third kappa shape index (κ3) is 2.96. The normalized spacial score (nSPS) is 16.9. The highest BCUT2D eigenvalue weighted by molar-refractivity contribution is 5.89. The SMILES string of the molecule is N#CC(C(=O)COC1CCCC1)c1nc2ccccc2o1. The molecule has 0 bridgehead atoms. The number of para-hydroxylation sites is 2. The van der Waals surface area contributed by atoms with Gasteiger partial charge < -0.3 is 9.15 Å². The van der Waals surface area contributed by atoms with Crippen molar-refractivity contribution in [3.63, 3.8) is 0 Å². The van der Waals surface area contributed by atoms with Gasteiger partial charge in [0.1, 0.15) is 12.1 Å². The van der Waals surface area contributed by atoms with Crippen LogP contribution in [0.3, 0.4) is 0 Å². The van der Waals surface area contributed by atoms with Crippen molar-refractivity contribution >= 4 is 16.9 Å². The summed E-state index contributed by atoms with van der Waals surface area (Å²) in [6.07, 6.45) is 4.43. The zero-order chi connectivity index (χ0) is 14.7. The zero-order valence-corrected chi connectivity index (χ0v) is 11.6. The van der Waals surface area contributed by atoms with Crippen LogP contribution in [-0.2, 0) is 9.53 Å². The van der Waals surface area contributed by atoms with Gasteiger partial charge in [0.05, 0.1) is 12.2 Å². The predicted molar refractivity (Wildman–Crippen MR) is 75.6 cm³/mol. The third-order valence-electron chi connectivity index (χ3n) is 3.77. The molecule has 1 unspecified atom stereocenters. The maximum Gasteiger partial charge on any atom is 0.220 e. The molecule has 108 valence electrons. The molecule has 1 aromatic heterocycles. The van der Waals surface area contributed by atoms with Crippen LogP contribution in [0.5, 0.6) is 0 Å². The fourth-order valence-electron chi connectivity index (χ4n) is 2.62. The van der Waals surface area contributed by atoms with Crippen molar-refractivity contribution < 1.29 is 13.9 Å². The Kier molecular flexibility index (Phi) is 3.98. The number of Topliss-reactive ketones (excluding diaryl/α,β-unsaturated/α-hetero) is 1. The Bertz CT molecular complexity index is 647. The number of fused-ring (bicyclic) bond motifs is 1. The van der Waals surface area contributed by atoms with Gasteiger partial charge in [-0.3, -0.25) is 4.79 Å². The largest absolute Gasteiger partial charge is 0.439 e. The number of rotatable bonds is 5. The number of nitriles is 1. The molecular weight excluding hydrogens is 268 g/mol. The van der Waals surface area contributed by atoms with Gasteiger partial charge in [-0.2, -0.15) is 5.26 Å². The maximum atomic E-state index is 12.2. The van der Waals surface area contributed by atoms with Crippen LogP contribution in [-0.4, -0.2) is 23.5 Å². The number of nitrogens with zero attached hydrogens (tertiary/aromatic N) is 2. The molecule has 0 N–H and O–H groups in total. The van der Waals surface area contributed by atoms with Crippen LogP contribution in [0.2, 0.25) is 0 Å². The maximum absolute atomic E-state index is 12.2. The molecule has 0 radical (unpaired) electrons. The van der Waals surface area contributed by atoms with Crippen LogP contribution in [0.4, 0.5) is 0 Å². The van der Waals surface area contributed by atoms with E-state index in [4.69, 9.17) is 9.15 Å². The summed E-state index contributed by atoms with van der Waals surface area (Å²) in [5.74, 6) is -1.14. The van der Waals surface area contributed by atoms with E-state index in [0.29, 0.717) is 11.1 Å². The zero-order valence-electron chi connectivity index (χ0n) is 11.6. The second-order valence-electron chi connectivity index (χ2n) is 5.27.